The van der Waals surface area contributed by atoms with Crippen LogP contribution in [0.25, 0.3) is 0 Å². The molecular formula is C20H21FN2O2S. The second-order valence-electron chi connectivity index (χ2n) is 7.11. The van der Waals surface area contributed by atoms with Crippen LogP contribution in [0.5, 0.6) is 0 Å². The van der Waals surface area contributed by atoms with Crippen molar-refractivity contribution in [3.05, 3.63) is 57.5 Å². The molecule has 0 radical (unpaired) electrons. The third-order valence-corrected chi connectivity index (χ3v) is 6.25. The van der Waals surface area contributed by atoms with Crippen LogP contribution in [-0.4, -0.2) is 47.7 Å². The number of carbonyl (C=O) groups is 2. The average Bonchev–Trinajstić information content (AvgIpc) is 3.21. The molecule has 0 saturated carbocycles. The van der Waals surface area contributed by atoms with Gasteiger partial charge in [-0.3, -0.25) is 14.5 Å². The number of hydrogen-bond acceptors (Lipinski definition) is 4. The van der Waals surface area contributed by atoms with Crippen LogP contribution in [0.15, 0.2) is 35.7 Å². The number of hydrogen-bond donors (Lipinski definition) is 0. The molecule has 2 aromatic rings. The fourth-order valence-corrected chi connectivity index (χ4v) is 4.67. The minimum absolute atomic E-state index is 0.0302. The number of fused-ring (bicyclic) bond motifs is 1. The topological polar surface area (TPSA) is 40.6 Å². The lowest BCUT2D eigenvalue weighted by molar-refractivity contribution is 0.0710. The van der Waals surface area contributed by atoms with Crippen LogP contribution < -0.4 is 0 Å². The predicted octanol–water partition coefficient (Wildman–Crippen LogP) is 3.44. The SMILES string of the molecule is O=C(CN1CCC(CN2Cc3ccsc3C2=O)CC1)c1ccc(F)cc1. The maximum atomic E-state index is 13.0. The molecule has 0 unspecified atom stereocenters. The second kappa shape index (κ2) is 7.29. The van der Waals surface area contributed by atoms with Gasteiger partial charge in [0.2, 0.25) is 0 Å². The van der Waals surface area contributed by atoms with Crippen LogP contribution in [0.1, 0.15) is 38.4 Å². The smallest absolute Gasteiger partial charge is 0.264 e. The van der Waals surface area contributed by atoms with Gasteiger partial charge in [0.05, 0.1) is 11.4 Å². The number of ketones is 1. The maximum Gasteiger partial charge on any atom is 0.264 e. The average molecular weight is 372 g/mol. The molecule has 2 aliphatic rings. The molecule has 0 atom stereocenters. The number of carbonyl (C=O) groups excluding carboxylic acids is 2. The third-order valence-electron chi connectivity index (χ3n) is 5.31. The van der Waals surface area contributed by atoms with Crippen LogP contribution in [0.3, 0.4) is 0 Å². The van der Waals surface area contributed by atoms with Gasteiger partial charge in [-0.25, -0.2) is 4.39 Å². The quantitative estimate of drug-likeness (QED) is 0.755. The number of likely N-dealkylation sites (tertiary alicyclic amines) is 1. The van der Waals surface area contributed by atoms with Crippen molar-refractivity contribution in [2.75, 3.05) is 26.2 Å². The summed E-state index contributed by atoms with van der Waals surface area (Å²) >= 11 is 1.53. The summed E-state index contributed by atoms with van der Waals surface area (Å²) in [6, 6.07) is 7.78. The molecule has 0 spiro atoms. The first-order valence-electron chi connectivity index (χ1n) is 8.97. The molecule has 0 bridgehead atoms. The van der Waals surface area contributed by atoms with Crippen molar-refractivity contribution in [1.29, 1.82) is 0 Å². The molecule has 4 rings (SSSR count). The van der Waals surface area contributed by atoms with E-state index in [-0.39, 0.29) is 17.5 Å². The van der Waals surface area contributed by atoms with E-state index in [4.69, 9.17) is 0 Å². The number of nitrogens with zero attached hydrogens (tertiary/aromatic N) is 2. The number of thiophene rings is 1. The molecule has 6 heteroatoms. The maximum absolute atomic E-state index is 13.0. The van der Waals surface area contributed by atoms with Crippen molar-refractivity contribution >= 4 is 23.0 Å². The highest BCUT2D eigenvalue weighted by atomic mass is 32.1. The van der Waals surface area contributed by atoms with E-state index in [2.05, 4.69) is 4.90 Å². The number of rotatable bonds is 5. The number of benzene rings is 1. The summed E-state index contributed by atoms with van der Waals surface area (Å²) < 4.78 is 13.0. The van der Waals surface area contributed by atoms with Crippen molar-refractivity contribution in [3.8, 4) is 0 Å². The van der Waals surface area contributed by atoms with E-state index < -0.39 is 0 Å². The zero-order valence-electron chi connectivity index (χ0n) is 14.5. The van der Waals surface area contributed by atoms with Gasteiger partial charge in [0.15, 0.2) is 5.78 Å². The van der Waals surface area contributed by atoms with Gasteiger partial charge in [0, 0.05) is 18.7 Å². The number of piperidine rings is 1. The molecule has 1 amide bonds. The van der Waals surface area contributed by atoms with Gasteiger partial charge in [-0.1, -0.05) is 0 Å². The van der Waals surface area contributed by atoms with E-state index in [1.807, 2.05) is 16.3 Å². The minimum Gasteiger partial charge on any atom is -0.333 e. The van der Waals surface area contributed by atoms with Gasteiger partial charge >= 0.3 is 0 Å². The second-order valence-corrected chi connectivity index (χ2v) is 8.03. The Labute approximate surface area is 156 Å². The first-order valence-corrected chi connectivity index (χ1v) is 9.85. The molecule has 0 N–H and O–H groups in total. The Bertz CT molecular complexity index is 809. The standard InChI is InChI=1S/C20H21FN2O2S/c21-17-3-1-15(2-4-17)18(24)13-22-8-5-14(6-9-22)11-23-12-16-7-10-26-19(16)20(23)25/h1-4,7,10,14H,5-6,8-9,11-13H2. The summed E-state index contributed by atoms with van der Waals surface area (Å²) in [4.78, 5) is 29.7. The lowest BCUT2D eigenvalue weighted by Gasteiger charge is -2.33. The highest BCUT2D eigenvalue weighted by Crippen LogP contribution is 2.29. The number of halogens is 1. The molecule has 0 aliphatic carbocycles. The Kier molecular flexibility index (Phi) is 4.87. The van der Waals surface area contributed by atoms with Crippen molar-refractivity contribution in [2.45, 2.75) is 19.4 Å². The summed E-state index contributed by atoms with van der Waals surface area (Å²) in [5.74, 6) is 0.366. The van der Waals surface area contributed by atoms with Crippen LogP contribution in [-0.2, 0) is 6.54 Å². The van der Waals surface area contributed by atoms with Crippen molar-refractivity contribution < 1.29 is 14.0 Å². The zero-order chi connectivity index (χ0) is 18.1. The van der Waals surface area contributed by atoms with Gasteiger partial charge in [-0.15, -0.1) is 11.3 Å². The lowest BCUT2D eigenvalue weighted by Crippen LogP contribution is -2.40. The molecule has 1 saturated heterocycles. The zero-order valence-corrected chi connectivity index (χ0v) is 15.3. The van der Waals surface area contributed by atoms with E-state index in [0.717, 1.165) is 49.5 Å². The van der Waals surface area contributed by atoms with Crippen molar-refractivity contribution in [2.24, 2.45) is 5.92 Å². The monoisotopic (exact) mass is 372 g/mol. The summed E-state index contributed by atoms with van der Waals surface area (Å²) in [7, 11) is 0. The number of amides is 1. The van der Waals surface area contributed by atoms with Crippen LogP contribution in [0.4, 0.5) is 4.39 Å². The minimum atomic E-state index is -0.326. The summed E-state index contributed by atoms with van der Waals surface area (Å²) in [6.45, 7) is 3.64. The van der Waals surface area contributed by atoms with Gasteiger partial charge in [-0.2, -0.15) is 0 Å². The first kappa shape index (κ1) is 17.4. The molecular weight excluding hydrogens is 351 g/mol. The Hall–Kier alpha value is -2.05. The van der Waals surface area contributed by atoms with E-state index in [9.17, 15) is 14.0 Å². The van der Waals surface area contributed by atoms with Crippen LogP contribution >= 0.6 is 11.3 Å². The van der Waals surface area contributed by atoms with E-state index in [1.54, 1.807) is 12.1 Å². The largest absolute Gasteiger partial charge is 0.333 e. The molecule has 2 aliphatic heterocycles. The number of Topliss-reactive ketones (excluding diaryl/α,β-unsaturated/α-hetero) is 1. The normalized spacial score (nSPS) is 18.3. The molecule has 1 fully saturated rings. The fourth-order valence-electron chi connectivity index (χ4n) is 3.79. The predicted molar refractivity (Wildman–Crippen MR) is 99.0 cm³/mol. The van der Waals surface area contributed by atoms with Crippen molar-refractivity contribution in [1.82, 2.24) is 9.80 Å². The summed E-state index contributed by atoms with van der Waals surface area (Å²) in [5.41, 5.74) is 1.71. The van der Waals surface area contributed by atoms with E-state index >= 15 is 0 Å². The van der Waals surface area contributed by atoms with Gasteiger partial charge < -0.3 is 4.90 Å². The third kappa shape index (κ3) is 3.57. The molecule has 136 valence electrons. The van der Waals surface area contributed by atoms with Crippen LogP contribution in [0.2, 0.25) is 0 Å². The lowest BCUT2D eigenvalue weighted by atomic mass is 9.95. The Morgan fingerprint density at radius 3 is 2.58 bits per heavy atom. The Morgan fingerprint density at radius 1 is 1.15 bits per heavy atom. The van der Waals surface area contributed by atoms with Gasteiger partial charge in [0.1, 0.15) is 5.82 Å². The van der Waals surface area contributed by atoms with Gasteiger partial charge in [0.25, 0.3) is 5.91 Å². The highest BCUT2D eigenvalue weighted by Gasteiger charge is 2.31. The molecule has 26 heavy (non-hydrogen) atoms. The molecule has 3 heterocycles. The highest BCUT2D eigenvalue weighted by molar-refractivity contribution is 7.12. The van der Waals surface area contributed by atoms with E-state index in [1.165, 1.54) is 23.5 Å². The molecule has 4 nitrogen and oxygen atoms in total. The summed E-state index contributed by atoms with van der Waals surface area (Å²) in [6.07, 6.45) is 1.99. The van der Waals surface area contributed by atoms with Crippen LogP contribution in [0, 0.1) is 11.7 Å². The fraction of sp³-hybridized carbons (Fsp3) is 0.400. The van der Waals surface area contributed by atoms with Gasteiger partial charge in [-0.05, 0) is 73.1 Å². The van der Waals surface area contributed by atoms with E-state index in [0.29, 0.717) is 18.0 Å². The Morgan fingerprint density at radius 2 is 1.88 bits per heavy atom. The van der Waals surface area contributed by atoms with Crippen molar-refractivity contribution in [3.63, 3.8) is 0 Å². The Balaban J connectivity index is 1.25. The molecule has 1 aromatic heterocycles. The summed E-state index contributed by atoms with van der Waals surface area (Å²) in [5, 5.41) is 1.98. The molecule has 1 aromatic carbocycles. The first-order chi connectivity index (χ1) is 12.6.